The van der Waals surface area contributed by atoms with Gasteiger partial charge in [-0.1, -0.05) is 26.2 Å². The highest BCUT2D eigenvalue weighted by Gasteiger charge is 2.41. The van der Waals surface area contributed by atoms with Gasteiger partial charge in [-0.05, 0) is 38.6 Å². The van der Waals surface area contributed by atoms with E-state index in [0.717, 1.165) is 12.8 Å². The predicted octanol–water partition coefficient (Wildman–Crippen LogP) is 2.35. The summed E-state index contributed by atoms with van der Waals surface area (Å²) < 4.78 is 18.4. The molecule has 1 saturated carbocycles. The highest BCUT2D eigenvalue weighted by atomic mass is 32.2. The molecule has 0 amide bonds. The summed E-state index contributed by atoms with van der Waals surface area (Å²) in [5.74, 6) is 0.711. The first kappa shape index (κ1) is 14.5. The molecule has 4 heteroatoms. The first-order chi connectivity index (χ1) is 8.65. The summed E-state index contributed by atoms with van der Waals surface area (Å²) in [6.07, 6.45) is 9.76. The average Bonchev–Trinajstić information content (AvgIpc) is 2.73. The molecule has 1 heterocycles. The van der Waals surface area contributed by atoms with Gasteiger partial charge in [0.1, 0.15) is 0 Å². The van der Waals surface area contributed by atoms with Crippen molar-refractivity contribution >= 4 is 10.8 Å². The molecule has 18 heavy (non-hydrogen) atoms. The van der Waals surface area contributed by atoms with Crippen LogP contribution < -0.4 is 5.73 Å². The van der Waals surface area contributed by atoms with Crippen molar-refractivity contribution < 1.29 is 8.95 Å². The zero-order chi connectivity index (χ0) is 13.0. The fourth-order valence-corrected chi connectivity index (χ4v) is 4.62. The highest BCUT2D eigenvalue weighted by Crippen LogP contribution is 2.42. The van der Waals surface area contributed by atoms with Gasteiger partial charge in [-0.25, -0.2) is 0 Å². The normalized spacial score (nSPS) is 30.4. The molecule has 3 atom stereocenters. The van der Waals surface area contributed by atoms with Crippen LogP contribution in [-0.2, 0) is 15.5 Å². The Kier molecular flexibility index (Phi) is 5.22. The summed E-state index contributed by atoms with van der Waals surface area (Å²) in [4.78, 5) is 0. The van der Waals surface area contributed by atoms with Gasteiger partial charge in [0, 0.05) is 16.0 Å². The molecule has 3 unspecified atom stereocenters. The summed E-state index contributed by atoms with van der Waals surface area (Å²) in [5, 5.41) is 0.210. The molecule has 2 fully saturated rings. The second kappa shape index (κ2) is 6.49. The summed E-state index contributed by atoms with van der Waals surface area (Å²) in [7, 11) is -0.781. The van der Waals surface area contributed by atoms with Crippen LogP contribution in [0.5, 0.6) is 0 Å². The van der Waals surface area contributed by atoms with E-state index >= 15 is 0 Å². The number of rotatable bonds is 5. The van der Waals surface area contributed by atoms with Crippen LogP contribution in [0, 0.1) is 0 Å². The Labute approximate surface area is 113 Å². The van der Waals surface area contributed by atoms with Crippen molar-refractivity contribution in [1.29, 1.82) is 0 Å². The second-order valence-electron chi connectivity index (χ2n) is 5.96. The van der Waals surface area contributed by atoms with Crippen molar-refractivity contribution in [3.8, 4) is 0 Å². The Morgan fingerprint density at radius 3 is 2.72 bits per heavy atom. The highest BCUT2D eigenvalue weighted by molar-refractivity contribution is 7.85. The molecule has 2 N–H and O–H groups in total. The lowest BCUT2D eigenvalue weighted by Gasteiger charge is -2.33. The van der Waals surface area contributed by atoms with Gasteiger partial charge in [0.25, 0.3) is 0 Å². The Bertz CT molecular complexity index is 290. The number of hydrogen-bond donors (Lipinski definition) is 1. The van der Waals surface area contributed by atoms with Crippen LogP contribution in [0.15, 0.2) is 0 Å². The van der Waals surface area contributed by atoms with E-state index in [4.69, 9.17) is 10.5 Å². The summed E-state index contributed by atoms with van der Waals surface area (Å²) >= 11 is 0. The van der Waals surface area contributed by atoms with Crippen molar-refractivity contribution in [1.82, 2.24) is 0 Å². The largest absolute Gasteiger partial charge is 0.371 e. The van der Waals surface area contributed by atoms with Crippen LogP contribution in [0.3, 0.4) is 0 Å². The van der Waals surface area contributed by atoms with Crippen molar-refractivity contribution in [2.45, 2.75) is 75.2 Å². The molecule has 0 aromatic rings. The number of nitrogens with two attached hydrogens (primary N) is 1. The molecule has 106 valence electrons. The SMILES string of the molecule is CC(CCN)S(=O)CC1CCC2(CCCCC2)O1. The smallest absolute Gasteiger partial charge is 0.0699 e. The molecule has 1 aliphatic heterocycles. The van der Waals surface area contributed by atoms with E-state index in [1.807, 2.05) is 6.92 Å². The minimum absolute atomic E-state index is 0.157. The van der Waals surface area contributed by atoms with Gasteiger partial charge in [0.2, 0.25) is 0 Å². The van der Waals surface area contributed by atoms with Gasteiger partial charge < -0.3 is 10.5 Å². The molecule has 0 aromatic heterocycles. The second-order valence-corrected chi connectivity index (χ2v) is 7.86. The van der Waals surface area contributed by atoms with E-state index in [1.54, 1.807) is 0 Å². The maximum atomic E-state index is 12.1. The van der Waals surface area contributed by atoms with Gasteiger partial charge in [0.05, 0.1) is 17.5 Å². The van der Waals surface area contributed by atoms with Gasteiger partial charge in [-0.15, -0.1) is 0 Å². The summed E-state index contributed by atoms with van der Waals surface area (Å²) in [6, 6.07) is 0. The van der Waals surface area contributed by atoms with Crippen LogP contribution in [-0.4, -0.2) is 33.5 Å². The fraction of sp³-hybridized carbons (Fsp3) is 1.00. The van der Waals surface area contributed by atoms with E-state index in [-0.39, 0.29) is 17.0 Å². The average molecular weight is 273 g/mol. The third-order valence-electron chi connectivity index (χ3n) is 4.48. The number of hydrogen-bond acceptors (Lipinski definition) is 3. The lowest BCUT2D eigenvalue weighted by molar-refractivity contribution is -0.0558. The van der Waals surface area contributed by atoms with Crippen molar-refractivity contribution in [3.63, 3.8) is 0 Å². The molecule has 0 bridgehead atoms. The first-order valence-electron chi connectivity index (χ1n) is 7.40. The minimum atomic E-state index is -0.781. The standard InChI is InChI=1S/C14H27NO2S/c1-12(6-10-15)18(16)11-13-5-9-14(17-13)7-3-2-4-8-14/h12-13H,2-11,15H2,1H3. The molecular formula is C14H27NO2S. The van der Waals surface area contributed by atoms with Crippen LogP contribution in [0.2, 0.25) is 0 Å². The van der Waals surface area contributed by atoms with Gasteiger partial charge >= 0.3 is 0 Å². The monoisotopic (exact) mass is 273 g/mol. The zero-order valence-corrected chi connectivity index (χ0v) is 12.3. The Balaban J connectivity index is 1.80. The van der Waals surface area contributed by atoms with E-state index in [1.165, 1.54) is 38.5 Å². The third kappa shape index (κ3) is 3.55. The quantitative estimate of drug-likeness (QED) is 0.836. The van der Waals surface area contributed by atoms with Crippen LogP contribution >= 0.6 is 0 Å². The van der Waals surface area contributed by atoms with Gasteiger partial charge in [0.15, 0.2) is 0 Å². The number of ether oxygens (including phenoxy) is 1. The predicted molar refractivity (Wildman–Crippen MR) is 76.1 cm³/mol. The van der Waals surface area contributed by atoms with E-state index in [9.17, 15) is 4.21 Å². The first-order valence-corrected chi connectivity index (χ1v) is 8.78. The molecule has 3 nitrogen and oxygen atoms in total. The minimum Gasteiger partial charge on any atom is -0.371 e. The Morgan fingerprint density at radius 1 is 1.33 bits per heavy atom. The summed E-state index contributed by atoms with van der Waals surface area (Å²) in [6.45, 7) is 2.66. The molecule has 1 saturated heterocycles. The van der Waals surface area contributed by atoms with Crippen molar-refractivity contribution in [3.05, 3.63) is 0 Å². The van der Waals surface area contributed by atoms with Gasteiger partial charge in [-0.2, -0.15) is 0 Å². The van der Waals surface area contributed by atoms with E-state index in [2.05, 4.69) is 0 Å². The maximum Gasteiger partial charge on any atom is 0.0699 e. The molecule has 1 spiro atoms. The maximum absolute atomic E-state index is 12.1. The third-order valence-corrected chi connectivity index (χ3v) is 6.31. The fourth-order valence-electron chi connectivity index (χ4n) is 3.29. The Morgan fingerprint density at radius 2 is 2.06 bits per heavy atom. The van der Waals surface area contributed by atoms with Gasteiger partial charge in [-0.3, -0.25) is 4.21 Å². The van der Waals surface area contributed by atoms with Crippen molar-refractivity contribution in [2.24, 2.45) is 5.73 Å². The molecule has 2 aliphatic rings. The van der Waals surface area contributed by atoms with Crippen LogP contribution in [0.4, 0.5) is 0 Å². The lowest BCUT2D eigenvalue weighted by atomic mass is 9.83. The lowest BCUT2D eigenvalue weighted by Crippen LogP contribution is -2.33. The molecule has 0 radical (unpaired) electrons. The topological polar surface area (TPSA) is 52.3 Å². The molecule has 2 rings (SSSR count). The molecule has 1 aliphatic carbocycles. The van der Waals surface area contributed by atoms with Crippen LogP contribution in [0.1, 0.15) is 58.3 Å². The van der Waals surface area contributed by atoms with Crippen molar-refractivity contribution in [2.75, 3.05) is 12.3 Å². The Hall–Kier alpha value is 0.0700. The van der Waals surface area contributed by atoms with Crippen LogP contribution in [0.25, 0.3) is 0 Å². The van der Waals surface area contributed by atoms with E-state index < -0.39 is 10.8 Å². The molecule has 0 aromatic carbocycles. The van der Waals surface area contributed by atoms with E-state index in [0.29, 0.717) is 12.3 Å². The zero-order valence-electron chi connectivity index (χ0n) is 11.5. The molecular weight excluding hydrogens is 246 g/mol. The summed E-state index contributed by atoms with van der Waals surface area (Å²) in [5.41, 5.74) is 5.68.